The van der Waals surface area contributed by atoms with Crippen LogP contribution in [-0.2, 0) is 25.7 Å². The highest BCUT2D eigenvalue weighted by Gasteiger charge is 2.44. The number of rotatable bonds is 5. The Hall–Kier alpha value is -2.86. The Morgan fingerprint density at radius 1 is 1.12 bits per heavy atom. The molecule has 1 aliphatic heterocycles. The SMILES string of the molecule is CC(=O)O[C@@H]1[C@H](OCc2ccccc2)O[N+]([O-])=C(C)[C@H]1c1ccccc1. The first-order valence-electron chi connectivity index (χ1n) is 8.41. The second-order valence-corrected chi connectivity index (χ2v) is 6.13. The summed E-state index contributed by atoms with van der Waals surface area (Å²) in [5.41, 5.74) is 2.19. The molecule has 0 saturated heterocycles. The van der Waals surface area contributed by atoms with Crippen LogP contribution in [0.2, 0.25) is 0 Å². The summed E-state index contributed by atoms with van der Waals surface area (Å²) in [6, 6.07) is 18.9. The molecule has 0 saturated carbocycles. The van der Waals surface area contributed by atoms with Crippen molar-refractivity contribution in [2.45, 2.75) is 38.8 Å². The zero-order chi connectivity index (χ0) is 18.5. The average Bonchev–Trinajstić information content (AvgIpc) is 2.65. The van der Waals surface area contributed by atoms with E-state index in [2.05, 4.69) is 0 Å². The molecule has 0 unspecified atom stereocenters. The number of esters is 1. The van der Waals surface area contributed by atoms with Crippen molar-refractivity contribution in [1.82, 2.24) is 0 Å². The van der Waals surface area contributed by atoms with Crippen LogP contribution in [0.3, 0.4) is 0 Å². The Kier molecular flexibility index (Phi) is 5.53. The molecule has 0 spiro atoms. The van der Waals surface area contributed by atoms with Crippen LogP contribution >= 0.6 is 0 Å². The molecule has 2 aromatic rings. The lowest BCUT2D eigenvalue weighted by atomic mass is 9.88. The van der Waals surface area contributed by atoms with E-state index in [4.69, 9.17) is 14.3 Å². The zero-order valence-electron chi connectivity index (χ0n) is 14.7. The van der Waals surface area contributed by atoms with Crippen molar-refractivity contribution < 1.29 is 24.0 Å². The Morgan fingerprint density at radius 2 is 1.73 bits per heavy atom. The molecule has 6 nitrogen and oxygen atoms in total. The molecule has 26 heavy (non-hydrogen) atoms. The largest absolute Gasteiger partial charge is 0.457 e. The predicted molar refractivity (Wildman–Crippen MR) is 95.1 cm³/mol. The Bertz CT molecular complexity index is 775. The number of carbonyl (C=O) groups excluding carboxylic acids is 1. The molecule has 2 aromatic carbocycles. The van der Waals surface area contributed by atoms with Gasteiger partial charge in [-0.15, -0.1) is 0 Å². The Balaban J connectivity index is 1.89. The molecule has 3 atom stereocenters. The first-order chi connectivity index (χ1) is 12.6. The van der Waals surface area contributed by atoms with Gasteiger partial charge in [0.25, 0.3) is 0 Å². The van der Waals surface area contributed by atoms with E-state index in [0.29, 0.717) is 10.6 Å². The maximum absolute atomic E-state index is 12.3. The first-order valence-corrected chi connectivity index (χ1v) is 8.41. The summed E-state index contributed by atoms with van der Waals surface area (Å²) in [4.78, 5) is 17.4. The van der Waals surface area contributed by atoms with E-state index >= 15 is 0 Å². The van der Waals surface area contributed by atoms with Gasteiger partial charge in [-0.05, 0) is 11.1 Å². The number of nitrogens with zero attached hydrogens (tertiary/aromatic N) is 1. The van der Waals surface area contributed by atoms with Crippen molar-refractivity contribution in [3.8, 4) is 0 Å². The second-order valence-electron chi connectivity index (χ2n) is 6.13. The molecule has 3 rings (SSSR count). The van der Waals surface area contributed by atoms with Gasteiger partial charge < -0.3 is 14.3 Å². The summed E-state index contributed by atoms with van der Waals surface area (Å²) in [6.07, 6.45) is -1.77. The molecule has 0 radical (unpaired) electrons. The van der Waals surface area contributed by atoms with Crippen molar-refractivity contribution in [3.05, 3.63) is 77.0 Å². The van der Waals surface area contributed by atoms with Gasteiger partial charge >= 0.3 is 5.97 Å². The summed E-state index contributed by atoms with van der Waals surface area (Å²) in [6.45, 7) is 3.22. The summed E-state index contributed by atoms with van der Waals surface area (Å²) >= 11 is 0. The van der Waals surface area contributed by atoms with Crippen molar-refractivity contribution in [1.29, 1.82) is 0 Å². The fourth-order valence-corrected chi connectivity index (χ4v) is 3.03. The summed E-state index contributed by atoms with van der Waals surface area (Å²) in [5, 5.41) is 12.3. The van der Waals surface area contributed by atoms with E-state index in [-0.39, 0.29) is 6.61 Å². The standard InChI is InChI=1S/C20H21NO5/c1-14-18(17-11-7-4-8-12-17)19(25-15(2)22)20(26-21(14)23)24-13-16-9-5-3-6-10-16/h3-12,18-20H,13H2,1-2H3/t18-,19-,20+/m0/s1. The lowest BCUT2D eigenvalue weighted by molar-refractivity contribution is -0.775. The molecular formula is C20H21NO5. The molecule has 0 bridgehead atoms. The highest BCUT2D eigenvalue weighted by atomic mass is 16.9. The minimum atomic E-state index is -1.01. The smallest absolute Gasteiger partial charge is 0.303 e. The minimum Gasteiger partial charge on any atom is -0.457 e. The molecule has 136 valence electrons. The molecule has 1 aliphatic rings. The van der Waals surface area contributed by atoms with E-state index in [1.54, 1.807) is 6.92 Å². The number of carbonyl (C=O) groups is 1. The van der Waals surface area contributed by atoms with Crippen LogP contribution in [-0.4, -0.2) is 29.0 Å². The lowest BCUT2D eigenvalue weighted by Gasteiger charge is -2.36. The van der Waals surface area contributed by atoms with Crippen molar-refractivity contribution in [3.63, 3.8) is 0 Å². The van der Waals surface area contributed by atoms with Gasteiger partial charge in [0.2, 0.25) is 12.0 Å². The van der Waals surface area contributed by atoms with Gasteiger partial charge in [0, 0.05) is 18.7 Å². The number of ether oxygens (including phenoxy) is 2. The molecule has 6 heteroatoms. The summed E-state index contributed by atoms with van der Waals surface area (Å²) in [7, 11) is 0. The van der Waals surface area contributed by atoms with Gasteiger partial charge in [0.05, 0.1) is 6.61 Å². The molecule has 0 amide bonds. The van der Waals surface area contributed by atoms with Gasteiger partial charge in [0.15, 0.2) is 6.10 Å². The molecule has 0 fully saturated rings. The molecule has 0 N–H and O–H groups in total. The van der Waals surface area contributed by atoms with Gasteiger partial charge in [-0.25, -0.2) is 0 Å². The van der Waals surface area contributed by atoms with Gasteiger partial charge in [-0.1, -0.05) is 60.7 Å². The van der Waals surface area contributed by atoms with Crippen LogP contribution in [0, 0.1) is 5.21 Å². The zero-order valence-corrected chi connectivity index (χ0v) is 14.7. The second kappa shape index (κ2) is 8.01. The van der Waals surface area contributed by atoms with Gasteiger partial charge in [-0.2, -0.15) is 0 Å². The maximum atomic E-state index is 12.3. The van der Waals surface area contributed by atoms with E-state index in [9.17, 15) is 10.0 Å². The first kappa shape index (κ1) is 17.9. The van der Waals surface area contributed by atoms with E-state index in [1.807, 2.05) is 60.7 Å². The maximum Gasteiger partial charge on any atom is 0.303 e. The third-order valence-electron chi connectivity index (χ3n) is 4.25. The number of hydrogen-bond acceptors (Lipinski definition) is 5. The van der Waals surface area contributed by atoms with E-state index in [1.165, 1.54) is 6.92 Å². The van der Waals surface area contributed by atoms with Crippen LogP contribution in [0.15, 0.2) is 60.7 Å². The van der Waals surface area contributed by atoms with E-state index in [0.717, 1.165) is 11.1 Å². The Labute approximate surface area is 152 Å². The fraction of sp³-hybridized carbons (Fsp3) is 0.300. The highest BCUT2D eigenvalue weighted by molar-refractivity contribution is 5.86. The van der Waals surface area contributed by atoms with Crippen molar-refractivity contribution in [2.75, 3.05) is 0 Å². The fourth-order valence-electron chi connectivity index (χ4n) is 3.03. The predicted octanol–water partition coefficient (Wildman–Crippen LogP) is 3.16. The minimum absolute atomic E-state index is 0.234. The Morgan fingerprint density at radius 3 is 2.35 bits per heavy atom. The number of hydrogen-bond donors (Lipinski definition) is 0. The lowest BCUT2D eigenvalue weighted by Crippen LogP contribution is -2.49. The van der Waals surface area contributed by atoms with Crippen LogP contribution in [0.4, 0.5) is 0 Å². The number of benzene rings is 2. The molecular weight excluding hydrogens is 334 g/mol. The van der Waals surface area contributed by atoms with Gasteiger partial charge in [-0.3, -0.25) is 10.0 Å². The van der Waals surface area contributed by atoms with Gasteiger partial charge in [0.1, 0.15) is 5.92 Å². The molecule has 0 aliphatic carbocycles. The molecule has 1 heterocycles. The van der Waals surface area contributed by atoms with Crippen molar-refractivity contribution >= 4 is 11.7 Å². The normalized spacial score (nSPS) is 22.6. The third kappa shape index (κ3) is 4.03. The van der Waals surface area contributed by atoms with Crippen molar-refractivity contribution in [2.24, 2.45) is 0 Å². The summed E-state index contributed by atoms with van der Waals surface area (Å²) < 4.78 is 11.3. The topological polar surface area (TPSA) is 70.8 Å². The van der Waals surface area contributed by atoms with Crippen LogP contribution in [0.1, 0.15) is 30.9 Å². The van der Waals surface area contributed by atoms with Crippen LogP contribution in [0.25, 0.3) is 0 Å². The monoisotopic (exact) mass is 355 g/mol. The third-order valence-corrected chi connectivity index (χ3v) is 4.25. The summed E-state index contributed by atoms with van der Waals surface area (Å²) in [5.74, 6) is -0.910. The quantitative estimate of drug-likeness (QED) is 0.609. The highest BCUT2D eigenvalue weighted by Crippen LogP contribution is 2.31. The molecule has 0 aromatic heterocycles. The van der Waals surface area contributed by atoms with Crippen LogP contribution in [0.5, 0.6) is 0 Å². The van der Waals surface area contributed by atoms with Crippen LogP contribution < -0.4 is 0 Å². The van der Waals surface area contributed by atoms with E-state index < -0.39 is 24.3 Å². The average molecular weight is 355 g/mol.